The number of amides is 1. The summed E-state index contributed by atoms with van der Waals surface area (Å²) in [7, 11) is 1.65. The van der Waals surface area contributed by atoms with Gasteiger partial charge in [0.1, 0.15) is 11.6 Å². The Morgan fingerprint density at radius 1 is 1.08 bits per heavy atom. The molecule has 0 bridgehead atoms. The molecule has 2 rings (SSSR count). The molecule has 0 spiro atoms. The number of rotatable bonds is 9. The predicted molar refractivity (Wildman–Crippen MR) is 92.4 cm³/mol. The molecule has 0 aliphatic heterocycles. The fourth-order valence-corrected chi connectivity index (χ4v) is 2.28. The van der Waals surface area contributed by atoms with Crippen LogP contribution in [0.4, 0.5) is 4.39 Å². The van der Waals surface area contributed by atoms with Gasteiger partial charge in [0.15, 0.2) is 0 Å². The first-order valence-corrected chi connectivity index (χ1v) is 8.02. The second-order valence-electron chi connectivity index (χ2n) is 5.50. The van der Waals surface area contributed by atoms with E-state index >= 15 is 0 Å². The van der Waals surface area contributed by atoms with Crippen molar-refractivity contribution < 1.29 is 13.9 Å². The van der Waals surface area contributed by atoms with Crippen molar-refractivity contribution in [2.75, 3.05) is 20.2 Å². The van der Waals surface area contributed by atoms with Crippen LogP contribution in [0.15, 0.2) is 48.5 Å². The topological polar surface area (TPSA) is 50.4 Å². The third kappa shape index (κ3) is 6.38. The number of carbonyl (C=O) groups is 1. The Morgan fingerprint density at radius 2 is 1.88 bits per heavy atom. The van der Waals surface area contributed by atoms with E-state index in [1.807, 2.05) is 18.2 Å². The van der Waals surface area contributed by atoms with E-state index in [1.165, 1.54) is 17.7 Å². The van der Waals surface area contributed by atoms with Crippen LogP contribution >= 0.6 is 0 Å². The van der Waals surface area contributed by atoms with Crippen LogP contribution in [-0.4, -0.2) is 26.1 Å². The molecule has 128 valence electrons. The zero-order valence-electron chi connectivity index (χ0n) is 13.8. The summed E-state index contributed by atoms with van der Waals surface area (Å²) >= 11 is 0. The number of ether oxygens (including phenoxy) is 1. The average Bonchev–Trinajstić information content (AvgIpc) is 2.61. The van der Waals surface area contributed by atoms with E-state index in [4.69, 9.17) is 4.74 Å². The van der Waals surface area contributed by atoms with Gasteiger partial charge in [-0.05, 0) is 48.4 Å². The first-order valence-electron chi connectivity index (χ1n) is 8.02. The van der Waals surface area contributed by atoms with E-state index in [1.54, 1.807) is 19.2 Å². The highest BCUT2D eigenvalue weighted by Gasteiger charge is 2.02. The molecule has 0 radical (unpaired) electrons. The molecule has 2 N–H and O–H groups in total. The average molecular weight is 330 g/mol. The van der Waals surface area contributed by atoms with Gasteiger partial charge in [0.05, 0.1) is 7.11 Å². The van der Waals surface area contributed by atoms with E-state index in [0.717, 1.165) is 24.3 Å². The van der Waals surface area contributed by atoms with Gasteiger partial charge >= 0.3 is 0 Å². The third-order valence-electron chi connectivity index (χ3n) is 3.66. The van der Waals surface area contributed by atoms with Gasteiger partial charge < -0.3 is 15.4 Å². The zero-order valence-corrected chi connectivity index (χ0v) is 13.8. The van der Waals surface area contributed by atoms with Gasteiger partial charge in [0.2, 0.25) is 5.91 Å². The summed E-state index contributed by atoms with van der Waals surface area (Å²) < 4.78 is 18.0. The van der Waals surface area contributed by atoms with Gasteiger partial charge in [-0.2, -0.15) is 0 Å². The Morgan fingerprint density at radius 3 is 2.62 bits per heavy atom. The van der Waals surface area contributed by atoms with E-state index in [2.05, 4.69) is 16.7 Å². The highest BCUT2D eigenvalue weighted by Crippen LogP contribution is 2.12. The van der Waals surface area contributed by atoms with Gasteiger partial charge in [-0.15, -0.1) is 0 Å². The van der Waals surface area contributed by atoms with Crippen LogP contribution in [0.25, 0.3) is 0 Å². The van der Waals surface area contributed by atoms with Crippen LogP contribution < -0.4 is 15.4 Å². The summed E-state index contributed by atoms with van der Waals surface area (Å²) in [6.07, 6.45) is 1.30. The third-order valence-corrected chi connectivity index (χ3v) is 3.66. The van der Waals surface area contributed by atoms with Crippen molar-refractivity contribution in [2.45, 2.75) is 19.4 Å². The monoisotopic (exact) mass is 330 g/mol. The van der Waals surface area contributed by atoms with Crippen molar-refractivity contribution in [2.24, 2.45) is 0 Å². The zero-order chi connectivity index (χ0) is 17.2. The molecular weight excluding hydrogens is 307 g/mol. The number of nitrogens with one attached hydrogen (secondary N) is 2. The van der Waals surface area contributed by atoms with Gasteiger partial charge in [-0.3, -0.25) is 4.79 Å². The highest BCUT2D eigenvalue weighted by atomic mass is 19.1. The van der Waals surface area contributed by atoms with Crippen LogP contribution in [-0.2, 0) is 17.8 Å². The van der Waals surface area contributed by atoms with Crippen molar-refractivity contribution in [1.29, 1.82) is 0 Å². The molecule has 4 nitrogen and oxygen atoms in total. The number of hydrogen-bond acceptors (Lipinski definition) is 3. The minimum Gasteiger partial charge on any atom is -0.497 e. The molecule has 5 heteroatoms. The second kappa shape index (κ2) is 9.67. The van der Waals surface area contributed by atoms with Gasteiger partial charge in [-0.1, -0.05) is 24.3 Å². The molecule has 0 saturated carbocycles. The van der Waals surface area contributed by atoms with Crippen molar-refractivity contribution in [3.63, 3.8) is 0 Å². The van der Waals surface area contributed by atoms with Gasteiger partial charge in [-0.25, -0.2) is 4.39 Å². The van der Waals surface area contributed by atoms with E-state index in [9.17, 15) is 9.18 Å². The van der Waals surface area contributed by atoms with Crippen LogP contribution in [0.1, 0.15) is 17.5 Å². The molecular formula is C19H23FN2O2. The molecule has 0 aliphatic carbocycles. The second-order valence-corrected chi connectivity index (χ2v) is 5.50. The van der Waals surface area contributed by atoms with Gasteiger partial charge in [0.25, 0.3) is 0 Å². The molecule has 0 aromatic heterocycles. The van der Waals surface area contributed by atoms with E-state index in [-0.39, 0.29) is 11.7 Å². The summed E-state index contributed by atoms with van der Waals surface area (Å²) in [5, 5.41) is 6.08. The van der Waals surface area contributed by atoms with Crippen molar-refractivity contribution >= 4 is 5.91 Å². The summed E-state index contributed by atoms with van der Waals surface area (Å²) in [6.45, 7) is 1.85. The number of carbonyl (C=O) groups excluding carboxylic acids is 1. The maximum Gasteiger partial charge on any atom is 0.221 e. The first-order chi connectivity index (χ1) is 11.7. The molecule has 1 amide bonds. The molecule has 2 aromatic rings. The Balaban J connectivity index is 1.58. The fraction of sp³-hybridized carbons (Fsp3) is 0.316. The molecule has 0 saturated heterocycles. The Hall–Kier alpha value is -2.40. The maximum absolute atomic E-state index is 12.8. The summed E-state index contributed by atoms with van der Waals surface area (Å²) in [6, 6.07) is 14.1. The number of methoxy groups -OCH3 is 1. The lowest BCUT2D eigenvalue weighted by Gasteiger charge is -2.07. The van der Waals surface area contributed by atoms with E-state index in [0.29, 0.717) is 19.5 Å². The first kappa shape index (κ1) is 17.9. The fourth-order valence-electron chi connectivity index (χ4n) is 2.28. The Labute approximate surface area is 142 Å². The van der Waals surface area contributed by atoms with Crippen molar-refractivity contribution in [3.8, 4) is 5.75 Å². The molecule has 0 heterocycles. The van der Waals surface area contributed by atoms with E-state index < -0.39 is 0 Å². The lowest BCUT2D eigenvalue weighted by Crippen LogP contribution is -2.28. The van der Waals surface area contributed by atoms with Crippen molar-refractivity contribution in [1.82, 2.24) is 10.6 Å². The molecule has 2 aromatic carbocycles. The Kier molecular flexibility index (Phi) is 7.23. The lowest BCUT2D eigenvalue weighted by atomic mass is 10.1. The van der Waals surface area contributed by atoms with Crippen LogP contribution in [0, 0.1) is 5.82 Å². The van der Waals surface area contributed by atoms with Crippen LogP contribution in [0.5, 0.6) is 5.75 Å². The standard InChI is InChI=1S/C19H23FN2O2/c1-24-18-4-2-3-15(13-18)9-11-21-12-10-19(23)22-14-16-5-7-17(20)8-6-16/h2-8,13,21H,9-12,14H2,1H3,(H,22,23). The van der Waals surface area contributed by atoms with Crippen LogP contribution in [0.2, 0.25) is 0 Å². The quantitative estimate of drug-likeness (QED) is 0.695. The SMILES string of the molecule is COc1cccc(CCNCCC(=O)NCc2ccc(F)cc2)c1. The van der Waals surface area contributed by atoms with Crippen LogP contribution in [0.3, 0.4) is 0 Å². The minimum atomic E-state index is -0.273. The lowest BCUT2D eigenvalue weighted by molar-refractivity contribution is -0.121. The van der Waals surface area contributed by atoms with Gasteiger partial charge in [0, 0.05) is 19.5 Å². The molecule has 24 heavy (non-hydrogen) atoms. The molecule has 0 fully saturated rings. The highest BCUT2D eigenvalue weighted by molar-refractivity contribution is 5.76. The predicted octanol–water partition coefficient (Wildman–Crippen LogP) is 2.67. The Bertz CT molecular complexity index is 644. The summed E-state index contributed by atoms with van der Waals surface area (Å²) in [5.74, 6) is 0.561. The molecule has 0 atom stereocenters. The maximum atomic E-state index is 12.8. The smallest absolute Gasteiger partial charge is 0.221 e. The summed E-state index contributed by atoms with van der Waals surface area (Å²) in [4.78, 5) is 11.8. The normalized spacial score (nSPS) is 10.4. The van der Waals surface area contributed by atoms with Crippen molar-refractivity contribution in [3.05, 3.63) is 65.5 Å². The molecule has 0 unspecified atom stereocenters. The minimum absolute atomic E-state index is 0.0202. The molecule has 0 aliphatic rings. The number of halogens is 1. The number of hydrogen-bond donors (Lipinski definition) is 2. The summed E-state index contributed by atoms with van der Waals surface area (Å²) in [5.41, 5.74) is 2.08. The number of benzene rings is 2. The largest absolute Gasteiger partial charge is 0.497 e.